The van der Waals surface area contributed by atoms with E-state index in [1.807, 2.05) is 18.2 Å². The van der Waals surface area contributed by atoms with Gasteiger partial charge in [0, 0.05) is 23.0 Å². The summed E-state index contributed by atoms with van der Waals surface area (Å²) >= 11 is 0. The fourth-order valence-corrected chi connectivity index (χ4v) is 2.53. The molecular weight excluding hydrogens is 260 g/mol. The molecule has 0 aliphatic heterocycles. The van der Waals surface area contributed by atoms with Crippen LogP contribution in [0.25, 0.3) is 10.8 Å². The Balaban J connectivity index is 2.53. The smallest absolute Gasteiger partial charge is 0.181 e. The van der Waals surface area contributed by atoms with Crippen LogP contribution in [0.1, 0.15) is 39.3 Å². The molecule has 0 heterocycles. The van der Waals surface area contributed by atoms with Crippen molar-refractivity contribution in [2.75, 3.05) is 0 Å². The lowest BCUT2D eigenvalue weighted by atomic mass is 10.0. The van der Waals surface area contributed by atoms with Crippen molar-refractivity contribution in [2.45, 2.75) is 45.9 Å². The number of nitriles is 1. The minimum absolute atomic E-state index is 0.162. The molecule has 0 saturated heterocycles. The van der Waals surface area contributed by atoms with Gasteiger partial charge in [-0.15, -0.1) is 0 Å². The average Bonchev–Trinajstić information content (AvgIpc) is 2.46. The molecule has 0 fully saturated rings. The summed E-state index contributed by atoms with van der Waals surface area (Å²) in [5, 5.41) is 14.7. The third-order valence-corrected chi connectivity index (χ3v) is 3.44. The Bertz CT molecular complexity index is 658. The second-order valence-corrected chi connectivity index (χ2v) is 5.64. The molecule has 2 aromatic carbocycles. The topological polar surface area (TPSA) is 45.0 Å². The van der Waals surface area contributed by atoms with Crippen LogP contribution in [0, 0.1) is 11.3 Å². The molecule has 0 aliphatic carbocycles. The highest BCUT2D eigenvalue weighted by Crippen LogP contribution is 2.34. The maximum absolute atomic E-state index is 9.05. The van der Waals surface area contributed by atoms with E-state index in [9.17, 15) is 0 Å². The van der Waals surface area contributed by atoms with E-state index in [1.165, 1.54) is 0 Å². The molecule has 21 heavy (non-hydrogen) atoms. The lowest BCUT2D eigenvalue weighted by Gasteiger charge is -2.22. The Morgan fingerprint density at radius 2 is 1.76 bits per heavy atom. The van der Waals surface area contributed by atoms with E-state index in [-0.39, 0.29) is 6.04 Å². The highest BCUT2D eigenvalue weighted by molar-refractivity contribution is 5.89. The molecule has 0 saturated carbocycles. The zero-order valence-electron chi connectivity index (χ0n) is 13.1. The van der Waals surface area contributed by atoms with Crippen LogP contribution >= 0.6 is 0 Å². The highest BCUT2D eigenvalue weighted by Gasteiger charge is 2.17. The molecule has 0 amide bonds. The van der Waals surface area contributed by atoms with E-state index in [2.05, 4.69) is 50.4 Å². The summed E-state index contributed by atoms with van der Waals surface area (Å²) in [4.78, 5) is 0. The third kappa shape index (κ3) is 3.53. The molecule has 0 aliphatic rings. The quantitative estimate of drug-likeness (QED) is 0.894. The molecule has 2 atom stereocenters. The number of ether oxygens (including phenoxy) is 1. The second-order valence-electron chi connectivity index (χ2n) is 5.64. The Morgan fingerprint density at radius 3 is 2.43 bits per heavy atom. The number of fused-ring (bicyclic) bond motifs is 1. The number of rotatable bonds is 5. The van der Waals surface area contributed by atoms with E-state index in [0.29, 0.717) is 6.04 Å². The van der Waals surface area contributed by atoms with Gasteiger partial charge in [-0.05, 0) is 19.2 Å². The molecule has 3 heteroatoms. The number of nitrogens with zero attached hydrogens (tertiary/aromatic N) is 1. The maximum atomic E-state index is 9.05. The summed E-state index contributed by atoms with van der Waals surface area (Å²) in [6.07, 6.45) is -0.471. The normalized spacial score (nSPS) is 13.9. The summed E-state index contributed by atoms with van der Waals surface area (Å²) < 4.78 is 5.91. The second kappa shape index (κ2) is 6.60. The minimum Gasteiger partial charge on any atom is -0.475 e. The summed E-state index contributed by atoms with van der Waals surface area (Å²) in [7, 11) is 0. The van der Waals surface area contributed by atoms with Crippen molar-refractivity contribution >= 4 is 10.8 Å². The summed E-state index contributed by atoms with van der Waals surface area (Å²) in [6.45, 7) is 8.13. The zero-order valence-corrected chi connectivity index (χ0v) is 13.1. The van der Waals surface area contributed by atoms with Crippen molar-refractivity contribution in [1.82, 2.24) is 5.32 Å². The van der Waals surface area contributed by atoms with Crippen molar-refractivity contribution in [3.8, 4) is 11.8 Å². The van der Waals surface area contributed by atoms with Gasteiger partial charge in [-0.25, -0.2) is 0 Å². The Kier molecular flexibility index (Phi) is 4.82. The van der Waals surface area contributed by atoms with Crippen LogP contribution < -0.4 is 10.1 Å². The van der Waals surface area contributed by atoms with Gasteiger partial charge in [0.2, 0.25) is 0 Å². The fraction of sp³-hybridized carbons (Fsp3) is 0.389. The molecule has 110 valence electrons. The van der Waals surface area contributed by atoms with Gasteiger partial charge >= 0.3 is 0 Å². The SMILES string of the molecule is CC(C)NC(C)c1ccc2ccccc2c1OC(C)C#N. The summed E-state index contributed by atoms with van der Waals surface area (Å²) in [6, 6.07) is 15.0. The van der Waals surface area contributed by atoms with E-state index < -0.39 is 6.10 Å². The molecule has 2 aromatic rings. The van der Waals surface area contributed by atoms with Crippen LogP contribution in [0.4, 0.5) is 0 Å². The molecule has 2 unspecified atom stereocenters. The summed E-state index contributed by atoms with van der Waals surface area (Å²) in [5.74, 6) is 0.808. The van der Waals surface area contributed by atoms with Crippen LogP contribution in [-0.4, -0.2) is 12.1 Å². The van der Waals surface area contributed by atoms with E-state index >= 15 is 0 Å². The first-order valence-corrected chi connectivity index (χ1v) is 7.37. The van der Waals surface area contributed by atoms with Gasteiger partial charge in [0.15, 0.2) is 6.10 Å². The van der Waals surface area contributed by atoms with Crippen molar-refractivity contribution < 1.29 is 4.74 Å². The lowest BCUT2D eigenvalue weighted by molar-refractivity contribution is 0.274. The molecule has 0 radical (unpaired) electrons. The van der Waals surface area contributed by atoms with E-state index in [0.717, 1.165) is 22.1 Å². The Labute approximate surface area is 126 Å². The number of hydrogen-bond donors (Lipinski definition) is 1. The number of hydrogen-bond acceptors (Lipinski definition) is 3. The average molecular weight is 282 g/mol. The van der Waals surface area contributed by atoms with Gasteiger partial charge in [0.05, 0.1) is 0 Å². The van der Waals surface area contributed by atoms with E-state index in [4.69, 9.17) is 10.00 Å². The first-order chi connectivity index (χ1) is 10.0. The van der Waals surface area contributed by atoms with Gasteiger partial charge < -0.3 is 10.1 Å². The Hall–Kier alpha value is -2.05. The van der Waals surface area contributed by atoms with Crippen LogP contribution in [-0.2, 0) is 0 Å². The van der Waals surface area contributed by atoms with Gasteiger partial charge in [0.1, 0.15) is 11.8 Å². The van der Waals surface area contributed by atoms with Crippen LogP contribution in [0.3, 0.4) is 0 Å². The first-order valence-electron chi connectivity index (χ1n) is 7.37. The van der Waals surface area contributed by atoms with Gasteiger partial charge in [0.25, 0.3) is 0 Å². The predicted octanol–water partition coefficient (Wildman–Crippen LogP) is 4.19. The molecule has 2 rings (SSSR count). The molecule has 0 spiro atoms. The monoisotopic (exact) mass is 282 g/mol. The van der Waals surface area contributed by atoms with Gasteiger partial charge in [-0.1, -0.05) is 50.2 Å². The van der Waals surface area contributed by atoms with Crippen molar-refractivity contribution in [3.05, 3.63) is 42.0 Å². The molecular formula is C18H22N2O. The molecule has 1 N–H and O–H groups in total. The van der Waals surface area contributed by atoms with Crippen molar-refractivity contribution in [2.24, 2.45) is 0 Å². The number of nitrogens with one attached hydrogen (secondary N) is 1. The number of benzene rings is 2. The van der Waals surface area contributed by atoms with Crippen LogP contribution in [0.2, 0.25) is 0 Å². The third-order valence-electron chi connectivity index (χ3n) is 3.44. The first kappa shape index (κ1) is 15.3. The Morgan fingerprint density at radius 1 is 1.05 bits per heavy atom. The van der Waals surface area contributed by atoms with Gasteiger partial charge in [-0.3, -0.25) is 0 Å². The van der Waals surface area contributed by atoms with Crippen LogP contribution in [0.15, 0.2) is 36.4 Å². The largest absolute Gasteiger partial charge is 0.475 e. The maximum Gasteiger partial charge on any atom is 0.181 e. The lowest BCUT2D eigenvalue weighted by Crippen LogP contribution is -2.26. The van der Waals surface area contributed by atoms with E-state index in [1.54, 1.807) is 6.92 Å². The standard InChI is InChI=1S/C18H22N2O/c1-12(2)20-14(4)16-10-9-15-7-5-6-8-17(15)18(16)21-13(3)11-19/h5-10,12-14,20H,1-4H3. The molecule has 0 aromatic heterocycles. The van der Waals surface area contributed by atoms with Crippen molar-refractivity contribution in [1.29, 1.82) is 5.26 Å². The van der Waals surface area contributed by atoms with Crippen LogP contribution in [0.5, 0.6) is 5.75 Å². The van der Waals surface area contributed by atoms with Crippen molar-refractivity contribution in [3.63, 3.8) is 0 Å². The predicted molar refractivity (Wildman–Crippen MR) is 86.3 cm³/mol. The molecule has 0 bridgehead atoms. The van der Waals surface area contributed by atoms with Gasteiger partial charge in [-0.2, -0.15) is 5.26 Å². The highest BCUT2D eigenvalue weighted by atomic mass is 16.5. The molecule has 3 nitrogen and oxygen atoms in total. The minimum atomic E-state index is -0.471. The summed E-state index contributed by atoms with van der Waals surface area (Å²) in [5.41, 5.74) is 1.09. The fourth-order valence-electron chi connectivity index (χ4n) is 2.53. The zero-order chi connectivity index (χ0) is 15.4.